The molecule has 0 spiro atoms. The third kappa shape index (κ3) is 6.73. The average molecular weight is 473 g/mol. The van der Waals surface area contributed by atoms with E-state index in [2.05, 4.69) is 10.2 Å². The van der Waals surface area contributed by atoms with Crippen LogP contribution in [0.25, 0.3) is 0 Å². The van der Waals surface area contributed by atoms with Gasteiger partial charge in [-0.05, 0) is 55.9 Å². The number of carbonyl (C=O) groups excluding carboxylic acids is 2. The maximum atomic E-state index is 13.0. The first-order chi connectivity index (χ1) is 16.1. The molecule has 2 saturated heterocycles. The van der Waals surface area contributed by atoms with Gasteiger partial charge in [0.2, 0.25) is 11.8 Å². The van der Waals surface area contributed by atoms with Crippen molar-refractivity contribution in [1.29, 1.82) is 0 Å². The molecule has 2 fully saturated rings. The van der Waals surface area contributed by atoms with Crippen LogP contribution < -0.4 is 4.74 Å². The molecule has 0 aliphatic carbocycles. The van der Waals surface area contributed by atoms with Crippen LogP contribution in [0.2, 0.25) is 5.02 Å². The van der Waals surface area contributed by atoms with E-state index in [0.29, 0.717) is 43.1 Å². The van der Waals surface area contributed by atoms with Crippen LogP contribution in [0.4, 0.5) is 0 Å². The van der Waals surface area contributed by atoms with Crippen LogP contribution in [0.1, 0.15) is 50.5 Å². The standard InChI is InChI=1S/C25H33ClN4O3/c26-21-7-5-8-22(15-21)33-23-10-13-30(24(31)9-4-6-19-16-27-28-17-19)18-20(23)14-25(32)29-11-2-1-3-12-29/h5,7-8,15-17,20,23H,1-4,6,9-14,18H2,(H,27,28)/t20-,23-/m0/s1. The maximum absolute atomic E-state index is 13.0. The van der Waals surface area contributed by atoms with Gasteiger partial charge in [0.1, 0.15) is 11.9 Å². The number of rotatable bonds is 8. The van der Waals surface area contributed by atoms with E-state index < -0.39 is 0 Å². The Labute approximate surface area is 200 Å². The van der Waals surface area contributed by atoms with Gasteiger partial charge in [-0.1, -0.05) is 17.7 Å². The monoisotopic (exact) mass is 472 g/mol. The fraction of sp³-hybridized carbons (Fsp3) is 0.560. The second-order valence-corrected chi connectivity index (χ2v) is 9.54. The fourth-order valence-electron chi connectivity index (χ4n) is 4.82. The van der Waals surface area contributed by atoms with E-state index in [1.807, 2.05) is 34.2 Å². The number of ether oxygens (including phenoxy) is 1. The summed E-state index contributed by atoms with van der Waals surface area (Å²) >= 11 is 6.14. The molecule has 7 nitrogen and oxygen atoms in total. The Morgan fingerprint density at radius 1 is 1.12 bits per heavy atom. The number of nitrogens with one attached hydrogen (secondary N) is 1. The van der Waals surface area contributed by atoms with Crippen LogP contribution in [0.5, 0.6) is 5.75 Å². The zero-order valence-corrected chi connectivity index (χ0v) is 19.8. The van der Waals surface area contributed by atoms with Crippen molar-refractivity contribution in [3.05, 3.63) is 47.2 Å². The van der Waals surface area contributed by atoms with Gasteiger partial charge in [-0.3, -0.25) is 14.7 Å². The lowest BCUT2D eigenvalue weighted by Crippen LogP contribution is -2.49. The first-order valence-electron chi connectivity index (χ1n) is 12.0. The highest BCUT2D eigenvalue weighted by Gasteiger charge is 2.35. The van der Waals surface area contributed by atoms with Crippen LogP contribution in [-0.2, 0) is 16.0 Å². The second-order valence-electron chi connectivity index (χ2n) is 9.11. The van der Waals surface area contributed by atoms with Crippen molar-refractivity contribution in [3.8, 4) is 5.75 Å². The van der Waals surface area contributed by atoms with Gasteiger partial charge in [0.15, 0.2) is 0 Å². The molecule has 33 heavy (non-hydrogen) atoms. The minimum atomic E-state index is -0.118. The zero-order chi connectivity index (χ0) is 23.0. The number of aromatic nitrogens is 2. The highest BCUT2D eigenvalue weighted by atomic mass is 35.5. The van der Waals surface area contributed by atoms with Crippen LogP contribution in [0, 0.1) is 5.92 Å². The van der Waals surface area contributed by atoms with Gasteiger partial charge in [0.05, 0.1) is 6.20 Å². The number of benzene rings is 1. The Hall–Kier alpha value is -2.54. The Morgan fingerprint density at radius 3 is 2.73 bits per heavy atom. The lowest BCUT2D eigenvalue weighted by atomic mass is 9.90. The van der Waals surface area contributed by atoms with Crippen LogP contribution in [0.15, 0.2) is 36.7 Å². The number of carbonyl (C=O) groups is 2. The lowest BCUT2D eigenvalue weighted by Gasteiger charge is -2.39. The highest BCUT2D eigenvalue weighted by Crippen LogP contribution is 2.28. The molecule has 1 aromatic heterocycles. The fourth-order valence-corrected chi connectivity index (χ4v) is 5.00. The van der Waals surface area contributed by atoms with Gasteiger partial charge in [-0.25, -0.2) is 0 Å². The number of halogens is 1. The van der Waals surface area contributed by atoms with Gasteiger partial charge in [-0.2, -0.15) is 5.10 Å². The molecule has 0 radical (unpaired) electrons. The summed E-state index contributed by atoms with van der Waals surface area (Å²) < 4.78 is 6.29. The number of amides is 2. The predicted octanol–water partition coefficient (Wildman–Crippen LogP) is 4.08. The third-order valence-electron chi connectivity index (χ3n) is 6.66. The molecular formula is C25H33ClN4O3. The molecular weight excluding hydrogens is 440 g/mol. The normalized spacial score (nSPS) is 21.1. The quantitative estimate of drug-likeness (QED) is 0.627. The molecule has 2 amide bonds. The molecule has 0 unspecified atom stereocenters. The Balaban J connectivity index is 1.38. The number of nitrogens with zero attached hydrogens (tertiary/aromatic N) is 3. The summed E-state index contributed by atoms with van der Waals surface area (Å²) in [4.78, 5) is 29.8. The number of H-pyrrole nitrogens is 1. The molecule has 2 aliphatic rings. The van der Waals surface area contributed by atoms with E-state index in [1.165, 1.54) is 6.42 Å². The topological polar surface area (TPSA) is 78.5 Å². The molecule has 0 bridgehead atoms. The summed E-state index contributed by atoms with van der Waals surface area (Å²) in [5.74, 6) is 0.997. The van der Waals surface area contributed by atoms with Gasteiger partial charge in [-0.15, -0.1) is 0 Å². The van der Waals surface area contributed by atoms with Crippen molar-refractivity contribution in [1.82, 2.24) is 20.0 Å². The summed E-state index contributed by atoms with van der Waals surface area (Å²) in [6.45, 7) is 2.86. The SMILES string of the molecule is O=C(C[C@H]1CN(C(=O)CCCc2cn[nH]c2)CC[C@@H]1Oc1cccc(Cl)c1)N1CCCCC1. The van der Waals surface area contributed by atoms with Gasteiger partial charge >= 0.3 is 0 Å². The summed E-state index contributed by atoms with van der Waals surface area (Å²) in [6.07, 6.45) is 10.1. The third-order valence-corrected chi connectivity index (χ3v) is 6.89. The average Bonchev–Trinajstić information content (AvgIpc) is 3.34. The van der Waals surface area contributed by atoms with Gasteiger partial charge < -0.3 is 14.5 Å². The van der Waals surface area contributed by atoms with Crippen molar-refractivity contribution in [2.45, 2.75) is 57.5 Å². The summed E-state index contributed by atoms with van der Waals surface area (Å²) in [5, 5.41) is 7.39. The predicted molar refractivity (Wildman–Crippen MR) is 127 cm³/mol. The maximum Gasteiger partial charge on any atom is 0.223 e. The smallest absolute Gasteiger partial charge is 0.223 e. The Kier molecular flexibility index (Phi) is 8.26. The molecule has 4 rings (SSSR count). The van der Waals surface area contributed by atoms with Crippen LogP contribution in [-0.4, -0.2) is 64.1 Å². The van der Waals surface area contributed by atoms with Crippen molar-refractivity contribution >= 4 is 23.4 Å². The largest absolute Gasteiger partial charge is 0.490 e. The molecule has 2 aliphatic heterocycles. The van der Waals surface area contributed by atoms with E-state index in [9.17, 15) is 9.59 Å². The van der Waals surface area contributed by atoms with E-state index in [-0.39, 0.29) is 23.8 Å². The Morgan fingerprint density at radius 2 is 1.97 bits per heavy atom. The van der Waals surface area contributed by atoms with Crippen molar-refractivity contribution in [3.63, 3.8) is 0 Å². The first-order valence-corrected chi connectivity index (χ1v) is 12.4. The molecule has 2 atom stereocenters. The van der Waals surface area contributed by atoms with Gasteiger partial charge in [0.25, 0.3) is 0 Å². The molecule has 1 N–H and O–H groups in total. The number of hydrogen-bond donors (Lipinski definition) is 1. The number of hydrogen-bond acceptors (Lipinski definition) is 4. The molecule has 178 valence electrons. The summed E-state index contributed by atoms with van der Waals surface area (Å²) in [7, 11) is 0. The number of piperidine rings is 2. The molecule has 3 heterocycles. The number of aryl methyl sites for hydroxylation is 1. The molecule has 0 saturated carbocycles. The summed E-state index contributed by atoms with van der Waals surface area (Å²) in [6, 6.07) is 7.38. The molecule has 8 heteroatoms. The second kappa shape index (κ2) is 11.5. The minimum absolute atomic E-state index is 0.0371. The van der Waals surface area contributed by atoms with E-state index in [4.69, 9.17) is 16.3 Å². The lowest BCUT2D eigenvalue weighted by molar-refractivity contribution is -0.139. The van der Waals surface area contributed by atoms with Crippen LogP contribution in [0.3, 0.4) is 0 Å². The first kappa shape index (κ1) is 23.6. The number of likely N-dealkylation sites (tertiary alicyclic amines) is 2. The van der Waals surface area contributed by atoms with Crippen molar-refractivity contribution < 1.29 is 14.3 Å². The Bertz CT molecular complexity index is 914. The highest BCUT2D eigenvalue weighted by molar-refractivity contribution is 6.30. The van der Waals surface area contributed by atoms with Crippen molar-refractivity contribution in [2.75, 3.05) is 26.2 Å². The van der Waals surface area contributed by atoms with E-state index >= 15 is 0 Å². The minimum Gasteiger partial charge on any atom is -0.490 e. The molecule has 1 aromatic carbocycles. The van der Waals surface area contributed by atoms with E-state index in [1.54, 1.807) is 12.3 Å². The zero-order valence-electron chi connectivity index (χ0n) is 19.0. The summed E-state index contributed by atoms with van der Waals surface area (Å²) in [5.41, 5.74) is 1.11. The van der Waals surface area contributed by atoms with Crippen molar-refractivity contribution in [2.24, 2.45) is 5.92 Å². The van der Waals surface area contributed by atoms with Gasteiger partial charge in [0, 0.05) is 62.6 Å². The molecule has 2 aromatic rings. The number of aromatic amines is 1. The van der Waals surface area contributed by atoms with Crippen LogP contribution >= 0.6 is 11.6 Å². The van der Waals surface area contributed by atoms with E-state index in [0.717, 1.165) is 44.3 Å².